The predicted molar refractivity (Wildman–Crippen MR) is 161 cm³/mol. The zero-order valence-corrected chi connectivity index (χ0v) is 25.7. The fraction of sp³-hybridized carbons (Fsp3) is 0.517. The van der Waals surface area contributed by atoms with Crippen LogP contribution in [0.1, 0.15) is 50.7 Å². The number of hydrogen-bond donors (Lipinski definition) is 5. The molecule has 0 aromatic heterocycles. The first kappa shape index (κ1) is 35.7. The molecule has 0 fully saturated rings. The third kappa shape index (κ3) is 17.4. The van der Waals surface area contributed by atoms with Gasteiger partial charge in [-0.1, -0.05) is 87.4 Å². The number of carbonyl (C=O) groups is 2. The second-order valence-corrected chi connectivity index (χ2v) is 16.2. The minimum atomic E-state index is -3.68. The smallest absolute Gasteiger partial charge is 0.307 e. The van der Waals surface area contributed by atoms with Gasteiger partial charge in [0.25, 0.3) is 0 Å². The average Bonchev–Trinajstić information content (AvgIpc) is 2.87. The lowest BCUT2D eigenvalue weighted by atomic mass is 10.1. The van der Waals surface area contributed by atoms with Gasteiger partial charge < -0.3 is 30.3 Å². The Labute approximate surface area is 238 Å². The minimum Gasteiger partial charge on any atom is -0.481 e. The topological polar surface area (TPSA) is 153 Å². The van der Waals surface area contributed by atoms with Crippen LogP contribution in [0.3, 0.4) is 0 Å². The third-order valence-electron chi connectivity index (χ3n) is 6.19. The molecular formula is C29H46N2O7P2. The highest BCUT2D eigenvalue weighted by atomic mass is 31.2. The Morgan fingerprint density at radius 2 is 1.32 bits per heavy atom. The van der Waals surface area contributed by atoms with E-state index in [0.717, 1.165) is 18.3 Å². The molecule has 4 atom stereocenters. The zero-order valence-electron chi connectivity index (χ0n) is 23.9. The van der Waals surface area contributed by atoms with Crippen LogP contribution < -0.4 is 10.6 Å². The van der Waals surface area contributed by atoms with E-state index in [4.69, 9.17) is 10.2 Å². The van der Waals surface area contributed by atoms with Crippen LogP contribution in [0.25, 0.3) is 0 Å². The van der Waals surface area contributed by atoms with E-state index in [2.05, 4.69) is 36.6 Å². The summed E-state index contributed by atoms with van der Waals surface area (Å²) in [5, 5.41) is 23.7. The van der Waals surface area contributed by atoms with Crippen LogP contribution in [0.2, 0.25) is 0 Å². The predicted octanol–water partition coefficient (Wildman–Crippen LogP) is 5.73. The first-order valence-corrected chi connectivity index (χ1v) is 18.2. The molecule has 0 aliphatic carbocycles. The van der Waals surface area contributed by atoms with Crippen molar-refractivity contribution in [2.45, 2.75) is 52.6 Å². The van der Waals surface area contributed by atoms with Crippen molar-refractivity contribution in [2.75, 3.05) is 31.6 Å². The second-order valence-electron chi connectivity index (χ2n) is 10.5. The largest absolute Gasteiger partial charge is 0.481 e. The van der Waals surface area contributed by atoms with E-state index in [1.54, 1.807) is 0 Å². The molecule has 0 heterocycles. The molecule has 11 heteroatoms. The molecule has 0 amide bonds. The van der Waals surface area contributed by atoms with Gasteiger partial charge in [0, 0.05) is 38.1 Å². The Kier molecular flexibility index (Phi) is 16.9. The summed E-state index contributed by atoms with van der Waals surface area (Å²) in [5.74, 6) is -2.94. The molecule has 2 aromatic carbocycles. The van der Waals surface area contributed by atoms with Gasteiger partial charge in [-0.05, 0) is 30.1 Å². The lowest BCUT2D eigenvalue weighted by Gasteiger charge is -2.18. The lowest BCUT2D eigenvalue weighted by molar-refractivity contribution is -0.142. The van der Waals surface area contributed by atoms with Gasteiger partial charge in [0.15, 0.2) is 0 Å². The fourth-order valence-corrected chi connectivity index (χ4v) is 8.14. The fourth-order valence-electron chi connectivity index (χ4n) is 4.31. The maximum Gasteiger partial charge on any atom is 0.307 e. The minimum absolute atomic E-state index is 0.159. The second kappa shape index (κ2) is 19.0. The Morgan fingerprint density at radius 1 is 0.825 bits per heavy atom. The summed E-state index contributed by atoms with van der Waals surface area (Å²) in [6.45, 7) is 7.53. The van der Waals surface area contributed by atoms with Gasteiger partial charge in [0.05, 0.1) is 19.3 Å². The summed E-state index contributed by atoms with van der Waals surface area (Å²) in [7, 11) is -5.71. The van der Waals surface area contributed by atoms with Crippen LogP contribution in [0.4, 0.5) is 0 Å². The summed E-state index contributed by atoms with van der Waals surface area (Å²) >= 11 is 0. The number of carboxylic acid groups (broad SMARTS) is 2. The number of nitrogens with one attached hydrogen (secondary N) is 2. The number of carboxylic acids is 2. The summed E-state index contributed by atoms with van der Waals surface area (Å²) in [4.78, 5) is 31.4. The Hall–Kier alpha value is -2.28. The summed E-state index contributed by atoms with van der Waals surface area (Å²) in [5.41, 5.74) is 2.20. The Bertz CT molecular complexity index is 1100. The third-order valence-corrected chi connectivity index (χ3v) is 10.2. The number of aliphatic carboxylic acids is 2. The van der Waals surface area contributed by atoms with E-state index >= 15 is 0 Å². The first-order chi connectivity index (χ1) is 18.8. The van der Waals surface area contributed by atoms with E-state index in [9.17, 15) is 23.6 Å². The van der Waals surface area contributed by atoms with Gasteiger partial charge in [-0.2, -0.15) is 0 Å². The van der Waals surface area contributed by atoms with Crippen LogP contribution in [0, 0.1) is 11.8 Å². The van der Waals surface area contributed by atoms with E-state index in [-0.39, 0.29) is 19.1 Å². The standard InChI is InChI=1S/C15H26NOP.C14H20NO6P/c1-4-8-14(2)12-18(3,17)13-16-11-15-9-6-5-7-10-15;16-13(17)7-6-12(14(18)19)9-22(20,21)10-15-8-11-4-2-1-3-5-11/h5-7,9-10,14,16H,4,8,11-13H2,1-3H3;1-5,12,15H,6-10H2,(H,16,17)(H,18,19)(H,20,21). The maximum atomic E-state index is 12.4. The SMILES string of the molecule is CCCC(C)CP(C)(=O)CNCc1ccccc1.O=C(O)CCC(CP(=O)(O)CNCc1ccccc1)C(=O)O. The number of benzene rings is 2. The zero-order chi connectivity index (χ0) is 30.0. The van der Waals surface area contributed by atoms with Crippen molar-refractivity contribution in [3.8, 4) is 0 Å². The van der Waals surface area contributed by atoms with Crippen molar-refractivity contribution in [1.29, 1.82) is 0 Å². The molecule has 0 radical (unpaired) electrons. The highest BCUT2D eigenvalue weighted by Gasteiger charge is 2.29. The van der Waals surface area contributed by atoms with Gasteiger partial charge in [0.2, 0.25) is 7.37 Å². The highest BCUT2D eigenvalue weighted by molar-refractivity contribution is 7.63. The quantitative estimate of drug-likeness (QED) is 0.136. The summed E-state index contributed by atoms with van der Waals surface area (Å²) in [6, 6.07) is 19.5. The Balaban J connectivity index is 0.000000408. The molecule has 0 saturated carbocycles. The van der Waals surface area contributed by atoms with E-state index < -0.39 is 38.5 Å². The van der Waals surface area contributed by atoms with Crippen LogP contribution in [-0.2, 0) is 31.8 Å². The molecule has 2 rings (SSSR count). The maximum absolute atomic E-state index is 12.4. The van der Waals surface area contributed by atoms with E-state index in [0.29, 0.717) is 18.7 Å². The molecule has 0 saturated heterocycles. The van der Waals surface area contributed by atoms with Crippen molar-refractivity contribution in [1.82, 2.24) is 10.6 Å². The van der Waals surface area contributed by atoms with Crippen LogP contribution in [0.15, 0.2) is 60.7 Å². The lowest BCUT2D eigenvalue weighted by Crippen LogP contribution is -2.23. The number of rotatable bonds is 18. The molecule has 4 unspecified atom stereocenters. The van der Waals surface area contributed by atoms with Crippen molar-refractivity contribution < 1.29 is 33.8 Å². The highest BCUT2D eigenvalue weighted by Crippen LogP contribution is 2.43. The first-order valence-electron chi connectivity index (χ1n) is 13.6. The van der Waals surface area contributed by atoms with Crippen molar-refractivity contribution in [3.05, 3.63) is 71.8 Å². The van der Waals surface area contributed by atoms with Crippen LogP contribution >= 0.6 is 14.5 Å². The molecule has 40 heavy (non-hydrogen) atoms. The summed E-state index contributed by atoms with van der Waals surface area (Å²) in [6.07, 6.45) is 2.73. The number of hydrogen-bond acceptors (Lipinski definition) is 6. The van der Waals surface area contributed by atoms with Crippen LogP contribution in [-0.4, -0.2) is 58.6 Å². The average molecular weight is 597 g/mol. The monoisotopic (exact) mass is 596 g/mol. The van der Waals surface area contributed by atoms with Crippen molar-refractivity contribution in [2.24, 2.45) is 11.8 Å². The molecule has 9 nitrogen and oxygen atoms in total. The molecule has 0 aliphatic heterocycles. The van der Waals surface area contributed by atoms with Gasteiger partial charge in [0.1, 0.15) is 0 Å². The molecular weight excluding hydrogens is 550 g/mol. The molecule has 2 aromatic rings. The van der Waals surface area contributed by atoms with Crippen molar-refractivity contribution >= 4 is 26.4 Å². The normalized spacial score (nSPS) is 15.5. The van der Waals surface area contributed by atoms with E-state index in [1.165, 1.54) is 18.4 Å². The van der Waals surface area contributed by atoms with Crippen molar-refractivity contribution in [3.63, 3.8) is 0 Å². The molecule has 0 spiro atoms. The molecule has 0 bridgehead atoms. The molecule has 0 aliphatic rings. The van der Waals surface area contributed by atoms with Gasteiger partial charge >= 0.3 is 11.9 Å². The molecule has 5 N–H and O–H groups in total. The van der Waals surface area contributed by atoms with Gasteiger partial charge in [-0.25, -0.2) is 0 Å². The van der Waals surface area contributed by atoms with Gasteiger partial charge in [-0.15, -0.1) is 0 Å². The van der Waals surface area contributed by atoms with Gasteiger partial charge in [-0.3, -0.25) is 14.2 Å². The summed E-state index contributed by atoms with van der Waals surface area (Å²) < 4.78 is 24.5. The van der Waals surface area contributed by atoms with Crippen LogP contribution in [0.5, 0.6) is 0 Å². The molecule has 224 valence electrons. The van der Waals surface area contributed by atoms with E-state index in [1.807, 2.05) is 55.2 Å². The Morgan fingerprint density at radius 3 is 1.77 bits per heavy atom.